The van der Waals surface area contributed by atoms with E-state index in [1.165, 1.54) is 0 Å². The SMILES string of the molecule is CCN(Cc1ccc(OC)c(OC)c1)C(=O)COC(=O)c1cccc2ccccc12. The molecule has 6 nitrogen and oxygen atoms in total. The van der Waals surface area contributed by atoms with Gasteiger partial charge in [0.05, 0.1) is 19.8 Å². The summed E-state index contributed by atoms with van der Waals surface area (Å²) in [6, 6.07) is 18.5. The van der Waals surface area contributed by atoms with Gasteiger partial charge in [0.1, 0.15) is 0 Å². The van der Waals surface area contributed by atoms with E-state index in [1.54, 1.807) is 37.3 Å². The molecule has 6 heteroatoms. The van der Waals surface area contributed by atoms with E-state index in [2.05, 4.69) is 0 Å². The topological polar surface area (TPSA) is 65.1 Å². The number of likely N-dealkylation sites (N-methyl/N-ethyl adjacent to an activating group) is 1. The van der Waals surface area contributed by atoms with Gasteiger partial charge in [-0.15, -0.1) is 0 Å². The van der Waals surface area contributed by atoms with E-state index in [-0.39, 0.29) is 12.5 Å². The number of methoxy groups -OCH3 is 2. The molecule has 0 heterocycles. The van der Waals surface area contributed by atoms with Crippen molar-refractivity contribution in [3.63, 3.8) is 0 Å². The van der Waals surface area contributed by atoms with Crippen LogP contribution in [-0.2, 0) is 16.1 Å². The van der Waals surface area contributed by atoms with Crippen LogP contribution in [0.1, 0.15) is 22.8 Å². The Hall–Kier alpha value is -3.54. The van der Waals surface area contributed by atoms with Crippen LogP contribution >= 0.6 is 0 Å². The van der Waals surface area contributed by atoms with Gasteiger partial charge in [-0.1, -0.05) is 42.5 Å². The van der Waals surface area contributed by atoms with Gasteiger partial charge in [-0.2, -0.15) is 0 Å². The molecule has 30 heavy (non-hydrogen) atoms. The van der Waals surface area contributed by atoms with E-state index in [1.807, 2.05) is 49.4 Å². The molecule has 156 valence electrons. The molecule has 1 amide bonds. The lowest BCUT2D eigenvalue weighted by atomic mass is 10.1. The quantitative estimate of drug-likeness (QED) is 0.527. The average Bonchev–Trinajstić information content (AvgIpc) is 2.80. The number of ether oxygens (including phenoxy) is 3. The number of amides is 1. The zero-order valence-corrected chi connectivity index (χ0v) is 17.4. The Kier molecular flexibility index (Phi) is 6.91. The zero-order valence-electron chi connectivity index (χ0n) is 17.4. The van der Waals surface area contributed by atoms with E-state index in [0.717, 1.165) is 16.3 Å². The first-order valence-corrected chi connectivity index (χ1v) is 9.71. The number of carbonyl (C=O) groups is 2. The van der Waals surface area contributed by atoms with Crippen molar-refractivity contribution in [3.8, 4) is 11.5 Å². The fraction of sp³-hybridized carbons (Fsp3) is 0.250. The summed E-state index contributed by atoms with van der Waals surface area (Å²) in [6.07, 6.45) is 0. The predicted molar refractivity (Wildman–Crippen MR) is 115 cm³/mol. The van der Waals surface area contributed by atoms with Crippen LogP contribution < -0.4 is 9.47 Å². The largest absolute Gasteiger partial charge is 0.493 e. The zero-order chi connectivity index (χ0) is 21.5. The van der Waals surface area contributed by atoms with Crippen LogP contribution in [0.2, 0.25) is 0 Å². The third kappa shape index (κ3) is 4.71. The van der Waals surface area contributed by atoms with Gasteiger partial charge in [0.2, 0.25) is 0 Å². The average molecular weight is 407 g/mol. The Morgan fingerprint density at radius 1 is 0.900 bits per heavy atom. The summed E-state index contributed by atoms with van der Waals surface area (Å²) in [7, 11) is 3.14. The smallest absolute Gasteiger partial charge is 0.339 e. The molecule has 0 fully saturated rings. The summed E-state index contributed by atoms with van der Waals surface area (Å²) in [5, 5.41) is 1.75. The number of benzene rings is 3. The van der Waals surface area contributed by atoms with Crippen molar-refractivity contribution in [3.05, 3.63) is 71.8 Å². The van der Waals surface area contributed by atoms with Crippen LogP contribution in [0.25, 0.3) is 10.8 Å². The number of nitrogens with zero attached hydrogens (tertiary/aromatic N) is 1. The minimum atomic E-state index is -0.512. The van der Waals surface area contributed by atoms with Crippen molar-refractivity contribution < 1.29 is 23.8 Å². The molecule has 3 aromatic carbocycles. The van der Waals surface area contributed by atoms with Crippen molar-refractivity contribution >= 4 is 22.6 Å². The Bertz CT molecular complexity index is 1040. The van der Waals surface area contributed by atoms with Gasteiger partial charge in [-0.25, -0.2) is 4.79 Å². The van der Waals surface area contributed by atoms with Gasteiger partial charge in [0.15, 0.2) is 18.1 Å². The molecular formula is C24H25NO5. The Morgan fingerprint density at radius 2 is 1.63 bits per heavy atom. The third-order valence-corrected chi connectivity index (χ3v) is 4.89. The van der Waals surface area contributed by atoms with Crippen LogP contribution in [0.4, 0.5) is 0 Å². The lowest BCUT2D eigenvalue weighted by molar-refractivity contribution is -0.134. The first kappa shape index (κ1) is 21.2. The van der Waals surface area contributed by atoms with Crippen molar-refractivity contribution in [2.45, 2.75) is 13.5 Å². The molecule has 0 saturated heterocycles. The van der Waals surface area contributed by atoms with E-state index in [4.69, 9.17) is 14.2 Å². The van der Waals surface area contributed by atoms with Crippen molar-refractivity contribution in [2.75, 3.05) is 27.4 Å². The summed E-state index contributed by atoms with van der Waals surface area (Å²) in [5.74, 6) is 0.448. The van der Waals surface area contributed by atoms with Crippen LogP contribution in [0.15, 0.2) is 60.7 Å². The van der Waals surface area contributed by atoms with Crippen molar-refractivity contribution in [1.82, 2.24) is 4.90 Å². The van der Waals surface area contributed by atoms with Gasteiger partial charge in [0.25, 0.3) is 5.91 Å². The van der Waals surface area contributed by atoms with Crippen LogP contribution in [0.5, 0.6) is 11.5 Å². The normalized spacial score (nSPS) is 10.5. The predicted octanol–water partition coefficient (Wildman–Crippen LogP) is 4.06. The number of hydrogen-bond donors (Lipinski definition) is 0. The van der Waals surface area contributed by atoms with E-state index < -0.39 is 5.97 Å². The highest BCUT2D eigenvalue weighted by atomic mass is 16.5. The van der Waals surface area contributed by atoms with Gasteiger partial charge in [0, 0.05) is 13.1 Å². The summed E-state index contributed by atoms with van der Waals surface area (Å²) < 4.78 is 15.9. The molecular weight excluding hydrogens is 382 g/mol. The lowest BCUT2D eigenvalue weighted by Crippen LogP contribution is -2.34. The number of carbonyl (C=O) groups excluding carboxylic acids is 2. The molecule has 3 aromatic rings. The van der Waals surface area contributed by atoms with Gasteiger partial charge >= 0.3 is 5.97 Å². The maximum atomic E-state index is 12.6. The van der Waals surface area contributed by atoms with Gasteiger partial charge in [-0.05, 0) is 41.5 Å². The molecule has 0 N–H and O–H groups in total. The number of hydrogen-bond acceptors (Lipinski definition) is 5. The molecule has 0 aliphatic rings. The molecule has 0 atom stereocenters. The Morgan fingerprint density at radius 3 is 2.37 bits per heavy atom. The first-order valence-electron chi connectivity index (χ1n) is 9.71. The molecule has 0 aliphatic carbocycles. The highest BCUT2D eigenvalue weighted by Crippen LogP contribution is 2.28. The van der Waals surface area contributed by atoms with Crippen LogP contribution in [-0.4, -0.2) is 44.1 Å². The standard InChI is InChI=1S/C24H25NO5/c1-4-25(15-17-12-13-21(28-2)22(14-17)29-3)23(26)16-30-24(27)20-11-7-9-18-8-5-6-10-19(18)20/h5-14H,4,15-16H2,1-3H3. The molecule has 3 rings (SSSR count). The van der Waals surface area contributed by atoms with Crippen molar-refractivity contribution in [1.29, 1.82) is 0 Å². The fourth-order valence-corrected chi connectivity index (χ4v) is 3.28. The second-order valence-electron chi connectivity index (χ2n) is 6.70. The monoisotopic (exact) mass is 407 g/mol. The molecule has 0 bridgehead atoms. The van der Waals surface area contributed by atoms with E-state index in [9.17, 15) is 9.59 Å². The number of esters is 1. The van der Waals surface area contributed by atoms with Gasteiger partial charge < -0.3 is 19.1 Å². The Balaban J connectivity index is 1.66. The number of fused-ring (bicyclic) bond motifs is 1. The minimum absolute atomic E-state index is 0.263. The molecule has 0 radical (unpaired) electrons. The maximum Gasteiger partial charge on any atom is 0.339 e. The molecule has 0 unspecified atom stereocenters. The number of rotatable bonds is 8. The molecule has 0 saturated carbocycles. The third-order valence-electron chi connectivity index (χ3n) is 4.89. The van der Waals surface area contributed by atoms with Crippen molar-refractivity contribution in [2.24, 2.45) is 0 Å². The molecule has 0 aromatic heterocycles. The highest BCUT2D eigenvalue weighted by molar-refractivity contribution is 6.04. The summed E-state index contributed by atoms with van der Waals surface area (Å²) >= 11 is 0. The van der Waals surface area contributed by atoms with Crippen LogP contribution in [0, 0.1) is 0 Å². The first-order chi connectivity index (χ1) is 14.6. The molecule has 0 aliphatic heterocycles. The second-order valence-corrected chi connectivity index (χ2v) is 6.70. The maximum absolute atomic E-state index is 12.6. The van der Waals surface area contributed by atoms with E-state index >= 15 is 0 Å². The molecule has 0 spiro atoms. The second kappa shape index (κ2) is 9.78. The van der Waals surface area contributed by atoms with E-state index in [0.29, 0.717) is 30.2 Å². The lowest BCUT2D eigenvalue weighted by Gasteiger charge is -2.21. The van der Waals surface area contributed by atoms with Gasteiger partial charge in [-0.3, -0.25) is 4.79 Å². The fourth-order valence-electron chi connectivity index (χ4n) is 3.28. The minimum Gasteiger partial charge on any atom is -0.493 e. The summed E-state index contributed by atoms with van der Waals surface area (Å²) in [6.45, 7) is 2.43. The summed E-state index contributed by atoms with van der Waals surface area (Å²) in [4.78, 5) is 26.8. The van der Waals surface area contributed by atoms with Crippen LogP contribution in [0.3, 0.4) is 0 Å². The Labute approximate surface area is 176 Å². The summed E-state index contributed by atoms with van der Waals surface area (Å²) in [5.41, 5.74) is 1.34. The highest BCUT2D eigenvalue weighted by Gasteiger charge is 2.18.